The van der Waals surface area contributed by atoms with E-state index in [9.17, 15) is 23.6 Å². The molecular weight excluding hydrogens is 455 g/mol. The van der Waals surface area contributed by atoms with E-state index in [2.05, 4.69) is 10.6 Å². The van der Waals surface area contributed by atoms with Crippen molar-refractivity contribution < 1.29 is 28.3 Å². The van der Waals surface area contributed by atoms with Crippen LogP contribution in [-0.4, -0.2) is 77.9 Å². The molecule has 2 saturated heterocycles. The molecule has 3 aliphatic heterocycles. The first kappa shape index (κ1) is 26.4. The van der Waals surface area contributed by atoms with Crippen molar-refractivity contribution >= 4 is 23.6 Å². The highest BCUT2D eigenvalue weighted by atomic mass is 19.1. The number of halogens is 1. The molecule has 0 bridgehead atoms. The number of nitrogens with zero attached hydrogens (tertiary/aromatic N) is 2. The van der Waals surface area contributed by atoms with Crippen LogP contribution in [-0.2, 0) is 19.2 Å². The van der Waals surface area contributed by atoms with Crippen molar-refractivity contribution in [2.24, 2.45) is 0 Å². The maximum absolute atomic E-state index is 13.5. The predicted molar refractivity (Wildman–Crippen MR) is 127 cm³/mol. The number of carbonyl (C=O) groups is 4. The minimum atomic E-state index is -1.16. The van der Waals surface area contributed by atoms with Crippen LogP contribution in [0.25, 0.3) is 0 Å². The van der Waals surface area contributed by atoms with E-state index in [0.717, 1.165) is 11.3 Å². The molecule has 35 heavy (non-hydrogen) atoms. The van der Waals surface area contributed by atoms with Crippen molar-refractivity contribution in [3.63, 3.8) is 0 Å². The Bertz CT molecular complexity index is 942. The molecule has 10 heteroatoms. The number of carbonyl (C=O) groups excluding carboxylic acids is 4. The van der Waals surface area contributed by atoms with E-state index in [0.29, 0.717) is 32.3 Å². The minimum Gasteiger partial charge on any atom is -0.493 e. The van der Waals surface area contributed by atoms with Gasteiger partial charge in [0.15, 0.2) is 6.67 Å². The van der Waals surface area contributed by atoms with Crippen LogP contribution in [0.15, 0.2) is 24.3 Å². The molecule has 0 unspecified atom stereocenters. The lowest BCUT2D eigenvalue weighted by molar-refractivity contribution is -0.147. The lowest BCUT2D eigenvalue weighted by Gasteiger charge is -2.38. The van der Waals surface area contributed by atoms with E-state index >= 15 is 0 Å². The Hall–Kier alpha value is -3.17. The number of ether oxygens (including phenoxy) is 1. The molecule has 9 nitrogen and oxygen atoms in total. The van der Waals surface area contributed by atoms with Crippen molar-refractivity contribution in [3.8, 4) is 5.75 Å². The van der Waals surface area contributed by atoms with Gasteiger partial charge < -0.3 is 25.2 Å². The zero-order valence-corrected chi connectivity index (χ0v) is 20.6. The smallest absolute Gasteiger partial charge is 0.254 e. The summed E-state index contributed by atoms with van der Waals surface area (Å²) in [6.45, 7) is 4.75. The Balaban J connectivity index is 0.00000167. The Morgan fingerprint density at radius 2 is 1.80 bits per heavy atom. The van der Waals surface area contributed by atoms with Gasteiger partial charge in [-0.3, -0.25) is 19.2 Å². The van der Waals surface area contributed by atoms with E-state index in [4.69, 9.17) is 4.74 Å². The van der Waals surface area contributed by atoms with E-state index in [-0.39, 0.29) is 31.1 Å². The fourth-order valence-corrected chi connectivity index (χ4v) is 5.06. The number of para-hydroxylation sites is 1. The second-order valence-corrected chi connectivity index (χ2v) is 8.74. The Kier molecular flexibility index (Phi) is 9.06. The molecule has 0 aliphatic carbocycles. The van der Waals surface area contributed by atoms with Crippen LogP contribution in [0.4, 0.5) is 4.39 Å². The van der Waals surface area contributed by atoms with Gasteiger partial charge in [-0.1, -0.05) is 32.0 Å². The lowest BCUT2D eigenvalue weighted by atomic mass is 10.00. The molecule has 4 rings (SSSR count). The van der Waals surface area contributed by atoms with Crippen LogP contribution in [0.3, 0.4) is 0 Å². The SMILES string of the molecule is CC.CC(=O)N[C@H]1CN(C(=O)CF)CC[C@H]2CC[C@@H](C(=O)N[C@@H]3CCOc4ccccc43)N2C1=O. The number of hydrogen-bond donors (Lipinski definition) is 2. The summed E-state index contributed by atoms with van der Waals surface area (Å²) in [5.41, 5.74) is 0.905. The van der Waals surface area contributed by atoms with Gasteiger partial charge in [0, 0.05) is 38.0 Å². The lowest BCUT2D eigenvalue weighted by Crippen LogP contribution is -2.61. The molecule has 4 amide bonds. The van der Waals surface area contributed by atoms with Crippen LogP contribution in [0.5, 0.6) is 5.75 Å². The molecule has 192 valence electrons. The van der Waals surface area contributed by atoms with Crippen LogP contribution in [0.2, 0.25) is 0 Å². The molecule has 0 spiro atoms. The van der Waals surface area contributed by atoms with E-state index in [1.807, 2.05) is 38.1 Å². The number of nitrogens with one attached hydrogen (secondary N) is 2. The summed E-state index contributed by atoms with van der Waals surface area (Å²) in [5.74, 6) is -1.07. The quantitative estimate of drug-likeness (QED) is 0.668. The van der Waals surface area contributed by atoms with Gasteiger partial charge >= 0.3 is 0 Å². The van der Waals surface area contributed by atoms with Gasteiger partial charge in [0.2, 0.25) is 17.7 Å². The van der Waals surface area contributed by atoms with Crippen molar-refractivity contribution in [2.75, 3.05) is 26.4 Å². The second kappa shape index (κ2) is 12.0. The third-order valence-corrected chi connectivity index (χ3v) is 6.61. The maximum atomic E-state index is 13.5. The van der Waals surface area contributed by atoms with E-state index in [1.54, 1.807) is 4.90 Å². The molecule has 1 aromatic carbocycles. The standard InChI is InChI=1S/C23H29FN4O5.C2H6/c1-14(29)25-18-13-27(21(30)12-24)10-8-15-6-7-19(28(15)23(18)32)22(31)26-17-9-11-33-20-5-3-2-4-16(17)20;1-2/h2-5,15,17-19H,6-13H2,1H3,(H,25,29)(H,26,31);1-2H3/t15-,17-,18+,19+;/m1./s1. The van der Waals surface area contributed by atoms with Gasteiger partial charge in [-0.05, 0) is 25.3 Å². The van der Waals surface area contributed by atoms with Crippen molar-refractivity contribution in [1.82, 2.24) is 20.4 Å². The van der Waals surface area contributed by atoms with Crippen molar-refractivity contribution in [3.05, 3.63) is 29.8 Å². The summed E-state index contributed by atoms with van der Waals surface area (Å²) in [4.78, 5) is 53.4. The maximum Gasteiger partial charge on any atom is 0.254 e. The molecule has 3 heterocycles. The van der Waals surface area contributed by atoms with E-state index in [1.165, 1.54) is 11.8 Å². The summed E-state index contributed by atoms with van der Waals surface area (Å²) < 4.78 is 18.7. The molecular formula is C25H35FN4O5. The monoisotopic (exact) mass is 490 g/mol. The fourth-order valence-electron chi connectivity index (χ4n) is 5.06. The second-order valence-electron chi connectivity index (χ2n) is 8.74. The number of rotatable bonds is 4. The summed E-state index contributed by atoms with van der Waals surface area (Å²) in [6, 6.07) is 5.38. The number of alkyl halides is 1. The molecule has 0 aromatic heterocycles. The largest absolute Gasteiger partial charge is 0.493 e. The Morgan fingerprint density at radius 1 is 1.06 bits per heavy atom. The zero-order valence-electron chi connectivity index (χ0n) is 20.6. The highest BCUT2D eigenvalue weighted by Gasteiger charge is 2.45. The van der Waals surface area contributed by atoms with Gasteiger partial charge in [0.05, 0.1) is 12.6 Å². The molecule has 0 saturated carbocycles. The van der Waals surface area contributed by atoms with Gasteiger partial charge in [0.25, 0.3) is 5.91 Å². The molecule has 3 aliphatic rings. The highest BCUT2D eigenvalue weighted by molar-refractivity contribution is 5.93. The van der Waals surface area contributed by atoms with Crippen LogP contribution >= 0.6 is 0 Å². The van der Waals surface area contributed by atoms with Crippen LogP contribution in [0, 0.1) is 0 Å². The third kappa shape index (κ3) is 5.91. The third-order valence-electron chi connectivity index (χ3n) is 6.61. The molecule has 0 radical (unpaired) electrons. The van der Waals surface area contributed by atoms with Crippen molar-refractivity contribution in [2.45, 2.75) is 70.6 Å². The van der Waals surface area contributed by atoms with Gasteiger partial charge in [-0.15, -0.1) is 0 Å². The summed E-state index contributed by atoms with van der Waals surface area (Å²) >= 11 is 0. The van der Waals surface area contributed by atoms with Crippen LogP contribution < -0.4 is 15.4 Å². The number of fused-ring (bicyclic) bond motifs is 2. The number of amides is 4. The first-order valence-corrected chi connectivity index (χ1v) is 12.3. The van der Waals surface area contributed by atoms with Gasteiger partial charge in [-0.2, -0.15) is 0 Å². The van der Waals surface area contributed by atoms with Gasteiger partial charge in [-0.25, -0.2) is 4.39 Å². The molecule has 2 fully saturated rings. The number of hydrogen-bond acceptors (Lipinski definition) is 5. The summed E-state index contributed by atoms with van der Waals surface area (Å²) in [6.07, 6.45) is 2.16. The average molecular weight is 491 g/mol. The first-order chi connectivity index (χ1) is 16.9. The molecule has 1 aromatic rings. The van der Waals surface area contributed by atoms with Gasteiger partial charge in [0.1, 0.15) is 17.8 Å². The van der Waals surface area contributed by atoms with Crippen LogP contribution in [0.1, 0.15) is 58.1 Å². The fraction of sp³-hybridized carbons (Fsp3) is 0.600. The zero-order chi connectivity index (χ0) is 25.5. The van der Waals surface area contributed by atoms with Crippen molar-refractivity contribution in [1.29, 1.82) is 0 Å². The summed E-state index contributed by atoms with van der Waals surface area (Å²) in [5, 5.41) is 5.66. The topological polar surface area (TPSA) is 108 Å². The molecule has 4 atom stereocenters. The Morgan fingerprint density at radius 3 is 2.51 bits per heavy atom. The molecule has 2 N–H and O–H groups in total. The highest BCUT2D eigenvalue weighted by Crippen LogP contribution is 2.33. The number of benzene rings is 1. The average Bonchev–Trinajstić information content (AvgIpc) is 3.29. The first-order valence-electron chi connectivity index (χ1n) is 12.3. The predicted octanol–water partition coefficient (Wildman–Crippen LogP) is 1.72. The summed E-state index contributed by atoms with van der Waals surface area (Å²) in [7, 11) is 0. The van der Waals surface area contributed by atoms with E-state index < -0.39 is 36.5 Å². The Labute approximate surface area is 205 Å². The normalized spacial score (nSPS) is 25.5. The minimum absolute atomic E-state index is 0.119.